The van der Waals surface area contributed by atoms with Crippen molar-refractivity contribution in [2.75, 3.05) is 0 Å². The second kappa shape index (κ2) is 10.5. The zero-order chi connectivity index (χ0) is 31.6. The Bertz CT molecular complexity index is 2760. The molecular weight excluding hydrogens is 585 g/mol. The summed E-state index contributed by atoms with van der Waals surface area (Å²) in [5, 5.41) is 7.28. The number of aromatic nitrogens is 4. The highest BCUT2D eigenvalue weighted by molar-refractivity contribution is 6.24. The lowest BCUT2D eigenvalue weighted by Crippen LogP contribution is -2.04. The highest BCUT2D eigenvalue weighted by Crippen LogP contribution is 2.41. The van der Waals surface area contributed by atoms with Crippen LogP contribution in [0.3, 0.4) is 0 Å². The number of rotatable bonds is 4. The van der Waals surface area contributed by atoms with Crippen LogP contribution in [0.2, 0.25) is 0 Å². The fraction of sp³-hybridized carbons (Fsp3) is 0. The molecular formula is C44H28N4. The van der Waals surface area contributed by atoms with Crippen molar-refractivity contribution >= 4 is 54.4 Å². The number of nitrogens with zero attached hydrogens (tertiary/aromatic N) is 4. The number of hydrogen-bond acceptors (Lipinski definition) is 2. The van der Waals surface area contributed by atoms with Gasteiger partial charge in [-0.15, -0.1) is 0 Å². The molecule has 224 valence electrons. The Kier molecular flexibility index (Phi) is 5.84. The second-order valence-electron chi connectivity index (χ2n) is 12.3. The first kappa shape index (κ1) is 26.7. The van der Waals surface area contributed by atoms with Gasteiger partial charge >= 0.3 is 0 Å². The third kappa shape index (κ3) is 4.03. The van der Waals surface area contributed by atoms with Crippen LogP contribution in [0.15, 0.2) is 170 Å². The quantitative estimate of drug-likeness (QED) is 0.198. The molecule has 0 saturated carbocycles. The van der Waals surface area contributed by atoms with Crippen molar-refractivity contribution in [1.29, 1.82) is 0 Å². The standard InChI is InChI=1S/C44H28N4/c1-4-14-29(15-5-1)37-28-38(30-16-6-2-7-17-30)46-44(45-37)48-40-23-13-11-21-34(40)43-35-27-42-36(26-31(35)24-25-41(43)48)33-20-10-12-22-39(33)47(42)32-18-8-3-9-19-32/h1-28H. The molecule has 0 unspecified atom stereocenters. The smallest absolute Gasteiger partial charge is 0.235 e. The average molecular weight is 613 g/mol. The predicted octanol–water partition coefficient (Wildman–Crippen LogP) is 11.2. The van der Waals surface area contributed by atoms with E-state index in [4.69, 9.17) is 9.97 Å². The monoisotopic (exact) mass is 612 g/mol. The Balaban J connectivity index is 1.31. The van der Waals surface area contributed by atoms with Crippen LogP contribution in [0.4, 0.5) is 0 Å². The molecule has 0 bridgehead atoms. The number of hydrogen-bond donors (Lipinski definition) is 0. The van der Waals surface area contributed by atoms with Gasteiger partial charge in [-0.2, -0.15) is 0 Å². The van der Waals surface area contributed by atoms with Crippen LogP contribution in [0.25, 0.3) is 88.5 Å². The summed E-state index contributed by atoms with van der Waals surface area (Å²) in [5.74, 6) is 0.653. The van der Waals surface area contributed by atoms with Crippen LogP contribution in [-0.4, -0.2) is 19.1 Å². The molecule has 10 rings (SSSR count). The first-order valence-electron chi connectivity index (χ1n) is 16.3. The van der Waals surface area contributed by atoms with Crippen molar-refractivity contribution in [3.63, 3.8) is 0 Å². The van der Waals surface area contributed by atoms with Gasteiger partial charge in [0.05, 0.1) is 33.5 Å². The van der Waals surface area contributed by atoms with Gasteiger partial charge in [0.1, 0.15) is 0 Å². The van der Waals surface area contributed by atoms with E-state index < -0.39 is 0 Å². The lowest BCUT2D eigenvalue weighted by molar-refractivity contribution is 0.996. The summed E-state index contributed by atoms with van der Waals surface area (Å²) in [4.78, 5) is 10.5. The van der Waals surface area contributed by atoms with Crippen LogP contribution < -0.4 is 0 Å². The van der Waals surface area contributed by atoms with Crippen LogP contribution >= 0.6 is 0 Å². The molecule has 0 aliphatic heterocycles. The minimum absolute atomic E-state index is 0.653. The fourth-order valence-corrected chi connectivity index (χ4v) is 7.37. The van der Waals surface area contributed by atoms with Gasteiger partial charge in [-0.25, -0.2) is 9.97 Å². The Morgan fingerprint density at radius 1 is 0.354 bits per heavy atom. The van der Waals surface area contributed by atoms with E-state index in [9.17, 15) is 0 Å². The second-order valence-corrected chi connectivity index (χ2v) is 12.3. The van der Waals surface area contributed by atoms with E-state index in [1.54, 1.807) is 0 Å². The molecule has 0 N–H and O–H groups in total. The summed E-state index contributed by atoms with van der Waals surface area (Å²) in [6.07, 6.45) is 0. The van der Waals surface area contributed by atoms with Crippen molar-refractivity contribution < 1.29 is 0 Å². The van der Waals surface area contributed by atoms with E-state index in [1.165, 1.54) is 43.4 Å². The topological polar surface area (TPSA) is 35.6 Å². The highest BCUT2D eigenvalue weighted by Gasteiger charge is 2.20. The minimum atomic E-state index is 0.653. The molecule has 0 aliphatic carbocycles. The molecule has 4 heteroatoms. The van der Waals surface area contributed by atoms with Gasteiger partial charge in [-0.3, -0.25) is 4.57 Å². The molecule has 10 aromatic rings. The Labute approximate surface area is 276 Å². The first-order valence-corrected chi connectivity index (χ1v) is 16.3. The zero-order valence-corrected chi connectivity index (χ0v) is 26.0. The molecule has 4 nitrogen and oxygen atoms in total. The van der Waals surface area contributed by atoms with E-state index in [-0.39, 0.29) is 0 Å². The fourth-order valence-electron chi connectivity index (χ4n) is 7.37. The molecule has 0 radical (unpaired) electrons. The van der Waals surface area contributed by atoms with Crippen molar-refractivity contribution in [1.82, 2.24) is 19.1 Å². The predicted molar refractivity (Wildman–Crippen MR) is 199 cm³/mol. The summed E-state index contributed by atoms with van der Waals surface area (Å²) >= 11 is 0. The SMILES string of the molecule is c1ccc(-c2cc(-c3ccccc3)nc(-n3c4ccccc4c4c5cc6c(cc5ccc43)c3ccccc3n6-c3ccccc3)n2)cc1. The van der Waals surface area contributed by atoms with Crippen molar-refractivity contribution in [2.45, 2.75) is 0 Å². The van der Waals surface area contributed by atoms with Gasteiger partial charge in [0.15, 0.2) is 0 Å². The summed E-state index contributed by atoms with van der Waals surface area (Å²) in [5.41, 5.74) is 9.59. The Morgan fingerprint density at radius 3 is 1.58 bits per heavy atom. The van der Waals surface area contributed by atoms with Gasteiger partial charge in [-0.1, -0.05) is 121 Å². The number of fused-ring (bicyclic) bond motifs is 8. The van der Waals surface area contributed by atoms with Crippen molar-refractivity contribution in [2.24, 2.45) is 0 Å². The van der Waals surface area contributed by atoms with Crippen molar-refractivity contribution in [3.8, 4) is 34.2 Å². The first-order chi connectivity index (χ1) is 23.8. The van der Waals surface area contributed by atoms with Crippen LogP contribution in [-0.2, 0) is 0 Å². The molecule has 0 saturated heterocycles. The number of para-hydroxylation sites is 3. The average Bonchev–Trinajstić information content (AvgIpc) is 3.67. The summed E-state index contributed by atoms with van der Waals surface area (Å²) in [7, 11) is 0. The van der Waals surface area contributed by atoms with E-state index in [1.807, 2.05) is 12.1 Å². The summed E-state index contributed by atoms with van der Waals surface area (Å²) in [6, 6.07) is 60.1. The summed E-state index contributed by atoms with van der Waals surface area (Å²) in [6.45, 7) is 0. The Morgan fingerprint density at radius 2 is 0.917 bits per heavy atom. The van der Waals surface area contributed by atoms with Crippen LogP contribution in [0.1, 0.15) is 0 Å². The third-order valence-corrected chi connectivity index (χ3v) is 9.51. The van der Waals surface area contributed by atoms with E-state index in [0.717, 1.165) is 39.2 Å². The molecule has 0 fully saturated rings. The number of benzene rings is 7. The van der Waals surface area contributed by atoms with Gasteiger partial charge < -0.3 is 4.57 Å². The van der Waals surface area contributed by atoms with E-state index in [0.29, 0.717) is 5.95 Å². The van der Waals surface area contributed by atoms with Gasteiger partial charge in [0.25, 0.3) is 0 Å². The zero-order valence-electron chi connectivity index (χ0n) is 26.0. The largest absolute Gasteiger partial charge is 0.309 e. The van der Waals surface area contributed by atoms with Gasteiger partial charge in [0.2, 0.25) is 5.95 Å². The molecule has 0 aliphatic rings. The third-order valence-electron chi connectivity index (χ3n) is 9.51. The molecule has 3 aromatic heterocycles. The lowest BCUT2D eigenvalue weighted by Gasteiger charge is -2.12. The van der Waals surface area contributed by atoms with Crippen molar-refractivity contribution in [3.05, 3.63) is 170 Å². The summed E-state index contributed by atoms with van der Waals surface area (Å²) < 4.78 is 4.63. The Hall–Kier alpha value is -6.52. The molecule has 0 amide bonds. The van der Waals surface area contributed by atoms with Gasteiger partial charge in [0, 0.05) is 38.4 Å². The molecule has 7 aromatic carbocycles. The van der Waals surface area contributed by atoms with E-state index in [2.05, 4.69) is 167 Å². The maximum absolute atomic E-state index is 5.23. The highest BCUT2D eigenvalue weighted by atomic mass is 15.2. The van der Waals surface area contributed by atoms with Gasteiger partial charge in [-0.05, 0) is 59.3 Å². The van der Waals surface area contributed by atoms with Crippen LogP contribution in [0.5, 0.6) is 0 Å². The van der Waals surface area contributed by atoms with E-state index >= 15 is 0 Å². The normalized spacial score (nSPS) is 11.8. The van der Waals surface area contributed by atoms with Crippen LogP contribution in [0, 0.1) is 0 Å². The molecule has 0 spiro atoms. The lowest BCUT2D eigenvalue weighted by atomic mass is 10.0. The maximum atomic E-state index is 5.23. The minimum Gasteiger partial charge on any atom is -0.309 e. The molecule has 3 heterocycles. The maximum Gasteiger partial charge on any atom is 0.235 e. The molecule has 48 heavy (non-hydrogen) atoms. The molecule has 0 atom stereocenters.